The van der Waals surface area contributed by atoms with Crippen LogP contribution in [-0.2, 0) is 10.4 Å². The van der Waals surface area contributed by atoms with Gasteiger partial charge in [0.15, 0.2) is 0 Å². The molecule has 1 aromatic carbocycles. The lowest BCUT2D eigenvalue weighted by molar-refractivity contribution is -0.127. The van der Waals surface area contributed by atoms with Crippen molar-refractivity contribution in [2.75, 3.05) is 31.6 Å². The van der Waals surface area contributed by atoms with Crippen molar-refractivity contribution in [2.24, 2.45) is 5.41 Å². The summed E-state index contributed by atoms with van der Waals surface area (Å²) in [5.41, 5.74) is 2.14. The maximum Gasteiger partial charge on any atom is 0.227 e. The number of hydrogen-bond donors (Lipinski definition) is 1. The van der Waals surface area contributed by atoms with E-state index in [0.29, 0.717) is 18.9 Å². The molecule has 1 N–H and O–H groups in total. The van der Waals surface area contributed by atoms with E-state index >= 15 is 0 Å². The lowest BCUT2D eigenvalue weighted by Crippen LogP contribution is -2.63. The molecule has 2 aliphatic rings. The Labute approximate surface area is 173 Å². The Balaban J connectivity index is 1.80. The van der Waals surface area contributed by atoms with Crippen LogP contribution in [0.3, 0.4) is 0 Å². The molecule has 0 bridgehead atoms. The Morgan fingerprint density at radius 2 is 1.83 bits per heavy atom. The lowest BCUT2D eigenvalue weighted by atomic mass is 9.62. The molecular formula is C24H31N3O2. The topological polar surface area (TPSA) is 56.7 Å². The van der Waals surface area contributed by atoms with Crippen LogP contribution in [-0.4, -0.2) is 47.6 Å². The molecule has 0 aliphatic carbocycles. The molecule has 2 saturated heterocycles. The molecule has 0 saturated carbocycles. The lowest BCUT2D eigenvalue weighted by Gasteiger charge is -2.56. The van der Waals surface area contributed by atoms with Crippen molar-refractivity contribution < 1.29 is 9.90 Å². The summed E-state index contributed by atoms with van der Waals surface area (Å²) in [4.78, 5) is 20.7. The molecule has 5 nitrogen and oxygen atoms in total. The van der Waals surface area contributed by atoms with Gasteiger partial charge in [0, 0.05) is 43.2 Å². The molecule has 2 aliphatic heterocycles. The summed E-state index contributed by atoms with van der Waals surface area (Å²) in [5, 5.41) is 12.2. The molecule has 0 radical (unpaired) electrons. The van der Waals surface area contributed by atoms with Gasteiger partial charge in [0.05, 0.1) is 11.9 Å². The van der Waals surface area contributed by atoms with E-state index in [1.165, 1.54) is 5.56 Å². The maximum absolute atomic E-state index is 12.2. The Morgan fingerprint density at radius 1 is 1.14 bits per heavy atom. The van der Waals surface area contributed by atoms with Gasteiger partial charge in [0.2, 0.25) is 5.91 Å². The first-order valence-electron chi connectivity index (χ1n) is 10.5. The third-order valence-corrected chi connectivity index (χ3v) is 6.63. The van der Waals surface area contributed by atoms with Crippen LogP contribution in [0.4, 0.5) is 5.69 Å². The van der Waals surface area contributed by atoms with Gasteiger partial charge >= 0.3 is 0 Å². The van der Waals surface area contributed by atoms with Crippen molar-refractivity contribution in [1.82, 2.24) is 9.88 Å². The van der Waals surface area contributed by atoms with Crippen LogP contribution < -0.4 is 4.90 Å². The Hall–Kier alpha value is -2.24. The second-order valence-corrected chi connectivity index (χ2v) is 9.30. The number of aromatic nitrogens is 1. The molecule has 154 valence electrons. The summed E-state index contributed by atoms with van der Waals surface area (Å²) in [7, 11) is 2.07. The highest BCUT2D eigenvalue weighted by molar-refractivity contribution is 5.95. The summed E-state index contributed by atoms with van der Waals surface area (Å²) in [6, 6.07) is 10.3. The molecule has 29 heavy (non-hydrogen) atoms. The maximum atomic E-state index is 12.2. The van der Waals surface area contributed by atoms with Crippen LogP contribution in [0.25, 0.3) is 0 Å². The van der Waals surface area contributed by atoms with Crippen LogP contribution in [0, 0.1) is 5.41 Å². The number of carbonyl (C=O) groups excluding carboxylic acids is 1. The number of amides is 1. The predicted octanol–water partition coefficient (Wildman–Crippen LogP) is 3.52. The standard InChI is InChI=1S/C24H31N3O2/c1-17(2)18-7-9-19(10-8-18)24(29,23(3)15-26(4)16-23)20-12-21(14-25-13-20)27-11-5-6-22(27)28/h7-10,12-14,17,29H,5-6,11,15-16H2,1-4H3/t24-/m0/s1. The monoisotopic (exact) mass is 393 g/mol. The third kappa shape index (κ3) is 3.26. The fourth-order valence-electron chi connectivity index (χ4n) is 5.04. The Morgan fingerprint density at radius 3 is 2.38 bits per heavy atom. The minimum Gasteiger partial charge on any atom is -0.380 e. The van der Waals surface area contributed by atoms with Crippen LogP contribution in [0.15, 0.2) is 42.7 Å². The third-order valence-electron chi connectivity index (χ3n) is 6.63. The fourth-order valence-corrected chi connectivity index (χ4v) is 5.04. The van der Waals surface area contributed by atoms with E-state index in [1.807, 2.05) is 18.2 Å². The molecule has 2 aromatic rings. The zero-order valence-electron chi connectivity index (χ0n) is 17.9. The van der Waals surface area contributed by atoms with Crippen molar-refractivity contribution in [3.8, 4) is 0 Å². The second kappa shape index (κ2) is 7.22. The van der Waals surface area contributed by atoms with Gasteiger partial charge in [-0.1, -0.05) is 45.0 Å². The van der Waals surface area contributed by atoms with E-state index in [4.69, 9.17) is 0 Å². The molecule has 1 amide bonds. The van der Waals surface area contributed by atoms with E-state index < -0.39 is 5.60 Å². The Kier molecular flexibility index (Phi) is 4.99. The van der Waals surface area contributed by atoms with Crippen molar-refractivity contribution in [3.63, 3.8) is 0 Å². The highest BCUT2D eigenvalue weighted by atomic mass is 16.3. The van der Waals surface area contributed by atoms with Gasteiger partial charge < -0.3 is 14.9 Å². The number of benzene rings is 1. The second-order valence-electron chi connectivity index (χ2n) is 9.30. The van der Waals surface area contributed by atoms with E-state index in [2.05, 4.69) is 49.8 Å². The van der Waals surface area contributed by atoms with E-state index in [-0.39, 0.29) is 11.3 Å². The van der Waals surface area contributed by atoms with Gasteiger partial charge in [-0.15, -0.1) is 0 Å². The first kappa shape index (κ1) is 20.0. The average molecular weight is 394 g/mol. The molecule has 0 spiro atoms. The highest BCUT2D eigenvalue weighted by Gasteiger charge is 2.55. The molecule has 1 aromatic heterocycles. The number of likely N-dealkylation sites (tertiary alicyclic amines) is 1. The van der Waals surface area contributed by atoms with Gasteiger partial charge in [-0.2, -0.15) is 0 Å². The quantitative estimate of drug-likeness (QED) is 0.844. The molecule has 4 rings (SSSR count). The largest absolute Gasteiger partial charge is 0.380 e. The summed E-state index contributed by atoms with van der Waals surface area (Å²) in [6.07, 6.45) is 4.92. The van der Waals surface area contributed by atoms with Crippen molar-refractivity contribution in [3.05, 3.63) is 59.4 Å². The molecule has 0 unspecified atom stereocenters. The first-order chi connectivity index (χ1) is 13.7. The normalized spacial score (nSPS) is 21.3. The van der Waals surface area contributed by atoms with Crippen molar-refractivity contribution in [2.45, 2.75) is 45.1 Å². The summed E-state index contributed by atoms with van der Waals surface area (Å²) < 4.78 is 0. The van der Waals surface area contributed by atoms with Crippen molar-refractivity contribution >= 4 is 11.6 Å². The van der Waals surface area contributed by atoms with Gasteiger partial charge in [-0.25, -0.2) is 0 Å². The number of nitrogens with zero attached hydrogens (tertiary/aromatic N) is 3. The zero-order chi connectivity index (χ0) is 20.8. The first-order valence-corrected chi connectivity index (χ1v) is 10.5. The number of aliphatic hydroxyl groups is 1. The Bertz CT molecular complexity index is 903. The van der Waals surface area contributed by atoms with Gasteiger partial charge in [0.1, 0.15) is 5.60 Å². The average Bonchev–Trinajstić information content (AvgIpc) is 3.12. The molecule has 3 heterocycles. The van der Waals surface area contributed by atoms with Crippen LogP contribution in [0.5, 0.6) is 0 Å². The summed E-state index contributed by atoms with van der Waals surface area (Å²) in [6.45, 7) is 8.78. The number of carbonyl (C=O) groups is 1. The molecule has 5 heteroatoms. The van der Waals surface area contributed by atoms with Gasteiger partial charge in [0.25, 0.3) is 0 Å². The van der Waals surface area contributed by atoms with E-state index in [1.54, 1.807) is 17.3 Å². The zero-order valence-corrected chi connectivity index (χ0v) is 17.9. The minimum absolute atomic E-state index is 0.128. The number of hydrogen-bond acceptors (Lipinski definition) is 4. The fraction of sp³-hybridized carbons (Fsp3) is 0.500. The van der Waals surface area contributed by atoms with Gasteiger partial charge in [-0.3, -0.25) is 9.78 Å². The predicted molar refractivity (Wildman–Crippen MR) is 115 cm³/mol. The van der Waals surface area contributed by atoms with Crippen molar-refractivity contribution in [1.29, 1.82) is 0 Å². The number of pyridine rings is 1. The number of anilines is 1. The number of rotatable bonds is 5. The molecule has 2 fully saturated rings. The smallest absolute Gasteiger partial charge is 0.227 e. The minimum atomic E-state index is -1.18. The molecular weight excluding hydrogens is 362 g/mol. The van der Waals surface area contributed by atoms with Gasteiger partial charge in [-0.05, 0) is 36.6 Å². The SMILES string of the molecule is CC(C)c1ccc([C@](O)(c2cncc(N3CCCC3=O)c2)C2(C)CN(C)C2)cc1. The highest BCUT2D eigenvalue weighted by Crippen LogP contribution is 2.50. The van der Waals surface area contributed by atoms with E-state index in [9.17, 15) is 9.90 Å². The molecule has 1 atom stereocenters. The summed E-state index contributed by atoms with van der Waals surface area (Å²) >= 11 is 0. The summed E-state index contributed by atoms with van der Waals surface area (Å²) in [5.74, 6) is 0.567. The van der Waals surface area contributed by atoms with Crippen LogP contribution in [0.1, 0.15) is 56.2 Å². The van der Waals surface area contributed by atoms with Crippen LogP contribution in [0.2, 0.25) is 0 Å². The van der Waals surface area contributed by atoms with E-state index in [0.717, 1.165) is 36.3 Å². The van der Waals surface area contributed by atoms with Crippen LogP contribution >= 0.6 is 0 Å².